The Balaban J connectivity index is 1.99. The van der Waals surface area contributed by atoms with Crippen molar-refractivity contribution in [2.24, 2.45) is 0 Å². The molecular weight excluding hydrogens is 200 g/mol. The predicted molar refractivity (Wildman–Crippen MR) is 64.0 cm³/mol. The van der Waals surface area contributed by atoms with Crippen molar-refractivity contribution in [2.45, 2.75) is 13.1 Å². The first-order chi connectivity index (χ1) is 7.90. The van der Waals surface area contributed by atoms with E-state index in [2.05, 4.69) is 21.9 Å². The Hall–Kier alpha value is -2.10. The maximum Gasteiger partial charge on any atom is 0.203 e. The molecule has 0 aliphatic rings. The van der Waals surface area contributed by atoms with Gasteiger partial charge in [0.05, 0.1) is 0 Å². The molecule has 4 nitrogen and oxygen atoms in total. The summed E-state index contributed by atoms with van der Waals surface area (Å²) in [5, 5.41) is 3.26. The monoisotopic (exact) mass is 214 g/mol. The SMILES string of the molecule is C=CCn1ccnc1NCc1cccnc1. The molecular formula is C12H14N4. The summed E-state index contributed by atoms with van der Waals surface area (Å²) in [7, 11) is 0. The van der Waals surface area contributed by atoms with E-state index in [1.54, 1.807) is 12.4 Å². The van der Waals surface area contributed by atoms with Gasteiger partial charge in [0.2, 0.25) is 5.95 Å². The molecule has 82 valence electrons. The van der Waals surface area contributed by atoms with Gasteiger partial charge in [-0.25, -0.2) is 4.98 Å². The van der Waals surface area contributed by atoms with Crippen LogP contribution in [0.3, 0.4) is 0 Å². The second-order valence-corrected chi connectivity index (χ2v) is 3.41. The van der Waals surface area contributed by atoms with E-state index in [0.29, 0.717) is 0 Å². The van der Waals surface area contributed by atoms with Crippen molar-refractivity contribution < 1.29 is 0 Å². The summed E-state index contributed by atoms with van der Waals surface area (Å²) in [6, 6.07) is 3.95. The number of hydrogen-bond acceptors (Lipinski definition) is 3. The zero-order chi connectivity index (χ0) is 11.2. The summed E-state index contributed by atoms with van der Waals surface area (Å²) < 4.78 is 2.00. The van der Waals surface area contributed by atoms with Gasteiger partial charge in [-0.05, 0) is 11.6 Å². The number of hydrogen-bond donors (Lipinski definition) is 1. The molecule has 0 aromatic carbocycles. The molecule has 0 aliphatic carbocycles. The van der Waals surface area contributed by atoms with Crippen LogP contribution in [0.2, 0.25) is 0 Å². The standard InChI is InChI=1S/C12H14N4/c1-2-7-16-8-6-14-12(16)15-10-11-4-3-5-13-9-11/h2-6,8-9H,1,7,10H2,(H,14,15). The highest BCUT2D eigenvalue weighted by Crippen LogP contribution is 2.06. The molecule has 2 aromatic rings. The molecule has 0 radical (unpaired) electrons. The number of anilines is 1. The van der Waals surface area contributed by atoms with Crippen LogP contribution in [0.1, 0.15) is 5.56 Å². The Bertz CT molecular complexity index is 447. The number of imidazole rings is 1. The minimum Gasteiger partial charge on any atom is -0.352 e. The molecule has 0 saturated carbocycles. The van der Waals surface area contributed by atoms with Gasteiger partial charge in [0, 0.05) is 37.9 Å². The lowest BCUT2D eigenvalue weighted by molar-refractivity contribution is 0.819. The third-order valence-corrected chi connectivity index (χ3v) is 2.21. The van der Waals surface area contributed by atoms with E-state index >= 15 is 0 Å². The average molecular weight is 214 g/mol. The third-order valence-electron chi connectivity index (χ3n) is 2.21. The van der Waals surface area contributed by atoms with Crippen molar-refractivity contribution in [2.75, 3.05) is 5.32 Å². The van der Waals surface area contributed by atoms with Crippen LogP contribution in [0.4, 0.5) is 5.95 Å². The highest BCUT2D eigenvalue weighted by Gasteiger charge is 2.00. The first kappa shape index (κ1) is 10.4. The van der Waals surface area contributed by atoms with Crippen LogP contribution in [0.5, 0.6) is 0 Å². The molecule has 0 bridgehead atoms. The fraction of sp³-hybridized carbons (Fsp3) is 0.167. The molecule has 2 aromatic heterocycles. The topological polar surface area (TPSA) is 42.7 Å². The van der Waals surface area contributed by atoms with Crippen molar-refractivity contribution in [1.29, 1.82) is 0 Å². The lowest BCUT2D eigenvalue weighted by Crippen LogP contribution is -2.06. The van der Waals surface area contributed by atoms with Gasteiger partial charge in [-0.2, -0.15) is 0 Å². The highest BCUT2D eigenvalue weighted by molar-refractivity contribution is 5.28. The maximum absolute atomic E-state index is 4.23. The second-order valence-electron chi connectivity index (χ2n) is 3.41. The summed E-state index contributed by atoms with van der Waals surface area (Å²) in [5.41, 5.74) is 1.13. The zero-order valence-corrected chi connectivity index (χ0v) is 9.00. The van der Waals surface area contributed by atoms with Crippen LogP contribution >= 0.6 is 0 Å². The van der Waals surface area contributed by atoms with Crippen LogP contribution in [0.25, 0.3) is 0 Å². The number of pyridine rings is 1. The molecule has 0 unspecified atom stereocenters. The molecule has 2 heterocycles. The van der Waals surface area contributed by atoms with Gasteiger partial charge in [0.25, 0.3) is 0 Å². The van der Waals surface area contributed by atoms with E-state index in [1.165, 1.54) is 0 Å². The molecule has 0 aliphatic heterocycles. The van der Waals surface area contributed by atoms with E-state index in [-0.39, 0.29) is 0 Å². The molecule has 0 spiro atoms. The van der Waals surface area contributed by atoms with Crippen molar-refractivity contribution >= 4 is 5.95 Å². The first-order valence-corrected chi connectivity index (χ1v) is 5.15. The molecule has 16 heavy (non-hydrogen) atoms. The second kappa shape index (κ2) is 5.11. The summed E-state index contributed by atoms with van der Waals surface area (Å²) in [5.74, 6) is 0.851. The van der Waals surface area contributed by atoms with Crippen molar-refractivity contribution in [3.63, 3.8) is 0 Å². The lowest BCUT2D eigenvalue weighted by atomic mass is 10.3. The minimum atomic E-state index is 0.724. The molecule has 1 N–H and O–H groups in total. The maximum atomic E-state index is 4.23. The fourth-order valence-electron chi connectivity index (χ4n) is 1.45. The van der Waals surface area contributed by atoms with Gasteiger partial charge < -0.3 is 9.88 Å². The molecule has 2 rings (SSSR count). The third kappa shape index (κ3) is 2.48. The summed E-state index contributed by atoms with van der Waals surface area (Å²) in [6.45, 7) is 5.19. The van der Waals surface area contributed by atoms with Crippen LogP contribution in [-0.4, -0.2) is 14.5 Å². The van der Waals surface area contributed by atoms with Crippen LogP contribution in [-0.2, 0) is 13.1 Å². The Kier molecular flexibility index (Phi) is 3.33. The molecule has 0 atom stereocenters. The summed E-state index contributed by atoms with van der Waals surface area (Å²) >= 11 is 0. The number of nitrogens with one attached hydrogen (secondary N) is 1. The Morgan fingerprint density at radius 1 is 1.44 bits per heavy atom. The van der Waals surface area contributed by atoms with E-state index in [0.717, 1.165) is 24.6 Å². The average Bonchev–Trinajstić information content (AvgIpc) is 2.76. The Morgan fingerprint density at radius 3 is 3.12 bits per heavy atom. The zero-order valence-electron chi connectivity index (χ0n) is 9.00. The summed E-state index contributed by atoms with van der Waals surface area (Å²) in [6.07, 6.45) is 9.15. The fourth-order valence-corrected chi connectivity index (χ4v) is 1.45. The smallest absolute Gasteiger partial charge is 0.203 e. The number of allylic oxidation sites excluding steroid dienone is 1. The van der Waals surface area contributed by atoms with E-state index in [4.69, 9.17) is 0 Å². The van der Waals surface area contributed by atoms with Gasteiger partial charge >= 0.3 is 0 Å². The minimum absolute atomic E-state index is 0.724. The van der Waals surface area contributed by atoms with Gasteiger partial charge in [-0.3, -0.25) is 4.98 Å². The lowest BCUT2D eigenvalue weighted by Gasteiger charge is -2.07. The molecule has 0 fully saturated rings. The Morgan fingerprint density at radius 2 is 2.38 bits per heavy atom. The van der Waals surface area contributed by atoms with Crippen LogP contribution < -0.4 is 5.32 Å². The normalized spacial score (nSPS) is 10.0. The highest BCUT2D eigenvalue weighted by atomic mass is 15.2. The molecule has 4 heteroatoms. The largest absolute Gasteiger partial charge is 0.352 e. The van der Waals surface area contributed by atoms with Gasteiger partial charge in [0.1, 0.15) is 0 Å². The number of rotatable bonds is 5. The van der Waals surface area contributed by atoms with Gasteiger partial charge in [0.15, 0.2) is 0 Å². The summed E-state index contributed by atoms with van der Waals surface area (Å²) in [4.78, 5) is 8.29. The van der Waals surface area contributed by atoms with E-state index in [9.17, 15) is 0 Å². The molecule has 0 amide bonds. The van der Waals surface area contributed by atoms with Crippen LogP contribution in [0, 0.1) is 0 Å². The first-order valence-electron chi connectivity index (χ1n) is 5.15. The number of aromatic nitrogens is 3. The number of nitrogens with zero attached hydrogens (tertiary/aromatic N) is 3. The van der Waals surface area contributed by atoms with E-state index < -0.39 is 0 Å². The van der Waals surface area contributed by atoms with E-state index in [1.807, 2.05) is 35.2 Å². The quantitative estimate of drug-likeness (QED) is 0.775. The Labute approximate surface area is 94.7 Å². The van der Waals surface area contributed by atoms with Crippen molar-refractivity contribution in [3.8, 4) is 0 Å². The predicted octanol–water partition coefficient (Wildman–Crippen LogP) is 2.08. The molecule has 0 saturated heterocycles. The van der Waals surface area contributed by atoms with Gasteiger partial charge in [-0.1, -0.05) is 12.1 Å². The van der Waals surface area contributed by atoms with Crippen molar-refractivity contribution in [3.05, 3.63) is 55.1 Å². The van der Waals surface area contributed by atoms with Gasteiger partial charge in [-0.15, -0.1) is 6.58 Å². The van der Waals surface area contributed by atoms with Crippen molar-refractivity contribution in [1.82, 2.24) is 14.5 Å². The van der Waals surface area contributed by atoms with Crippen LogP contribution in [0.15, 0.2) is 49.6 Å².